The van der Waals surface area contributed by atoms with Gasteiger partial charge in [-0.25, -0.2) is 0 Å². The molecule has 1 aliphatic carbocycles. The van der Waals surface area contributed by atoms with Crippen LogP contribution in [0.2, 0.25) is 0 Å². The van der Waals surface area contributed by atoms with Crippen molar-refractivity contribution < 1.29 is 27.5 Å². The van der Waals surface area contributed by atoms with Crippen molar-refractivity contribution in [2.24, 2.45) is 11.8 Å². The van der Waals surface area contributed by atoms with Crippen LogP contribution in [0.25, 0.3) is 0 Å². The minimum atomic E-state index is -4.64. The highest BCUT2D eigenvalue weighted by Gasteiger charge is 2.45. The fourth-order valence-electron chi connectivity index (χ4n) is 4.21. The van der Waals surface area contributed by atoms with Crippen LogP contribution in [0.15, 0.2) is 18.3 Å². The molecular weight excluding hydrogens is 363 g/mol. The second-order valence-corrected chi connectivity index (χ2v) is 7.18. The average molecular weight is 385 g/mol. The van der Waals surface area contributed by atoms with Gasteiger partial charge in [-0.15, -0.1) is 0 Å². The van der Waals surface area contributed by atoms with E-state index in [0.29, 0.717) is 25.9 Å². The number of alkyl halides is 3. The van der Waals surface area contributed by atoms with E-state index in [2.05, 4.69) is 10.3 Å². The molecule has 0 aromatic carbocycles. The van der Waals surface area contributed by atoms with E-state index in [-0.39, 0.29) is 29.9 Å². The molecule has 1 aromatic rings. The standard InChI is InChI=1S/C18H22F3N3O3/c1-10(25)23-14-6-11-8-24(9-12(11)7-15(14)27-2)17(26)16-13(18(19,20)21)4-3-5-22-16/h3-5,11-12,14-15H,6-9H2,1-2H3,(H,23,25)/t11-,12+,14-,15-/m1/s1. The number of pyridine rings is 1. The molecule has 148 valence electrons. The van der Waals surface area contributed by atoms with Gasteiger partial charge in [-0.2, -0.15) is 13.2 Å². The van der Waals surface area contributed by atoms with E-state index in [1.165, 1.54) is 24.1 Å². The summed E-state index contributed by atoms with van der Waals surface area (Å²) in [4.78, 5) is 29.3. The molecule has 2 fully saturated rings. The fraction of sp³-hybridized carbons (Fsp3) is 0.611. The topological polar surface area (TPSA) is 71.5 Å². The quantitative estimate of drug-likeness (QED) is 0.865. The van der Waals surface area contributed by atoms with Crippen LogP contribution in [0.3, 0.4) is 0 Å². The van der Waals surface area contributed by atoms with Crippen LogP contribution in [0.1, 0.15) is 35.8 Å². The molecule has 0 spiro atoms. The van der Waals surface area contributed by atoms with Gasteiger partial charge in [0, 0.05) is 33.3 Å². The van der Waals surface area contributed by atoms with Crippen molar-refractivity contribution in [3.63, 3.8) is 0 Å². The van der Waals surface area contributed by atoms with Gasteiger partial charge in [0.15, 0.2) is 0 Å². The molecule has 3 rings (SSSR count). The van der Waals surface area contributed by atoms with Gasteiger partial charge < -0.3 is 15.0 Å². The molecular formula is C18H22F3N3O3. The number of hydrogen-bond acceptors (Lipinski definition) is 4. The molecule has 27 heavy (non-hydrogen) atoms. The molecule has 6 nitrogen and oxygen atoms in total. The number of rotatable bonds is 3. The summed E-state index contributed by atoms with van der Waals surface area (Å²) in [7, 11) is 1.57. The number of carbonyl (C=O) groups excluding carboxylic acids is 2. The minimum Gasteiger partial charge on any atom is -0.379 e. The molecule has 2 aliphatic rings. The van der Waals surface area contributed by atoms with E-state index in [1.807, 2.05) is 0 Å². The van der Waals surface area contributed by atoms with Crippen LogP contribution in [0.5, 0.6) is 0 Å². The molecule has 1 aliphatic heterocycles. The van der Waals surface area contributed by atoms with Crippen LogP contribution in [0.4, 0.5) is 13.2 Å². The van der Waals surface area contributed by atoms with Crippen molar-refractivity contribution >= 4 is 11.8 Å². The summed E-state index contributed by atoms with van der Waals surface area (Å²) in [6.07, 6.45) is -2.35. The third kappa shape index (κ3) is 4.07. The van der Waals surface area contributed by atoms with E-state index >= 15 is 0 Å². The average Bonchev–Trinajstić information content (AvgIpc) is 3.02. The molecule has 2 amide bonds. The number of carbonyl (C=O) groups is 2. The van der Waals surface area contributed by atoms with Crippen molar-refractivity contribution in [1.29, 1.82) is 0 Å². The lowest BCUT2D eigenvalue weighted by molar-refractivity contribution is -0.138. The molecule has 1 aromatic heterocycles. The van der Waals surface area contributed by atoms with Crippen molar-refractivity contribution in [2.45, 2.75) is 38.1 Å². The SMILES string of the molecule is CO[C@@H]1C[C@H]2CN(C(=O)c3ncccc3C(F)(F)F)C[C@H]2C[C@H]1NC(C)=O. The van der Waals surface area contributed by atoms with Gasteiger partial charge in [0.25, 0.3) is 5.91 Å². The molecule has 1 saturated carbocycles. The molecule has 9 heteroatoms. The second kappa shape index (κ2) is 7.46. The number of ether oxygens (including phenoxy) is 1. The molecule has 4 atom stereocenters. The molecule has 0 unspecified atom stereocenters. The Morgan fingerprint density at radius 2 is 1.93 bits per heavy atom. The molecule has 1 N–H and O–H groups in total. The van der Waals surface area contributed by atoms with Crippen LogP contribution < -0.4 is 5.32 Å². The number of halogens is 3. The van der Waals surface area contributed by atoms with E-state index in [9.17, 15) is 22.8 Å². The van der Waals surface area contributed by atoms with E-state index < -0.39 is 23.3 Å². The number of nitrogens with zero attached hydrogens (tertiary/aromatic N) is 2. The largest absolute Gasteiger partial charge is 0.418 e. The summed E-state index contributed by atoms with van der Waals surface area (Å²) < 4.78 is 45.1. The van der Waals surface area contributed by atoms with Crippen LogP contribution in [-0.2, 0) is 15.7 Å². The number of aromatic nitrogens is 1. The summed E-state index contributed by atoms with van der Waals surface area (Å²) in [6, 6.07) is 1.88. The van der Waals surface area contributed by atoms with Crippen molar-refractivity contribution in [3.8, 4) is 0 Å². The Balaban J connectivity index is 1.77. The first-order valence-corrected chi connectivity index (χ1v) is 8.82. The lowest BCUT2D eigenvalue weighted by atomic mass is 9.77. The lowest BCUT2D eigenvalue weighted by Crippen LogP contribution is -2.49. The maximum atomic E-state index is 13.2. The monoisotopic (exact) mass is 385 g/mol. The minimum absolute atomic E-state index is 0.107. The highest BCUT2D eigenvalue weighted by molar-refractivity contribution is 5.94. The Labute approximate surface area is 155 Å². The first kappa shape index (κ1) is 19.6. The number of hydrogen-bond donors (Lipinski definition) is 1. The van der Waals surface area contributed by atoms with Gasteiger partial charge in [-0.3, -0.25) is 14.6 Å². The van der Waals surface area contributed by atoms with Crippen LogP contribution in [0, 0.1) is 11.8 Å². The normalized spacial score (nSPS) is 28.0. The Morgan fingerprint density at radius 3 is 2.52 bits per heavy atom. The summed E-state index contributed by atoms with van der Waals surface area (Å²) >= 11 is 0. The second-order valence-electron chi connectivity index (χ2n) is 7.18. The molecule has 0 bridgehead atoms. The lowest BCUT2D eigenvalue weighted by Gasteiger charge is -2.37. The Morgan fingerprint density at radius 1 is 1.26 bits per heavy atom. The highest BCUT2D eigenvalue weighted by Crippen LogP contribution is 2.39. The van der Waals surface area contributed by atoms with Gasteiger partial charge in [0.05, 0.1) is 17.7 Å². The number of fused-ring (bicyclic) bond motifs is 1. The number of amides is 2. The fourth-order valence-corrected chi connectivity index (χ4v) is 4.21. The van der Waals surface area contributed by atoms with E-state index in [1.54, 1.807) is 7.11 Å². The van der Waals surface area contributed by atoms with Crippen molar-refractivity contribution in [3.05, 3.63) is 29.6 Å². The van der Waals surface area contributed by atoms with Crippen LogP contribution >= 0.6 is 0 Å². The molecule has 1 saturated heterocycles. The summed E-state index contributed by atoms with van der Waals surface area (Å²) in [6.45, 7) is 2.15. The predicted octanol–water partition coefficient (Wildman–Crippen LogP) is 2.10. The highest BCUT2D eigenvalue weighted by atomic mass is 19.4. The first-order valence-electron chi connectivity index (χ1n) is 8.82. The molecule has 2 heterocycles. The van der Waals surface area contributed by atoms with Crippen molar-refractivity contribution in [1.82, 2.24) is 15.2 Å². The Bertz CT molecular complexity index is 725. The number of methoxy groups -OCH3 is 1. The third-order valence-electron chi connectivity index (χ3n) is 5.41. The van der Waals surface area contributed by atoms with Gasteiger partial charge in [-0.1, -0.05) is 0 Å². The zero-order valence-electron chi connectivity index (χ0n) is 15.1. The maximum Gasteiger partial charge on any atom is 0.418 e. The van der Waals surface area contributed by atoms with Gasteiger partial charge in [0.1, 0.15) is 5.69 Å². The smallest absolute Gasteiger partial charge is 0.379 e. The summed E-state index contributed by atoms with van der Waals surface area (Å²) in [5.41, 5.74) is -1.58. The molecule has 0 radical (unpaired) electrons. The predicted molar refractivity (Wildman–Crippen MR) is 89.8 cm³/mol. The summed E-state index contributed by atoms with van der Waals surface area (Å²) in [5.74, 6) is -0.630. The van der Waals surface area contributed by atoms with Gasteiger partial charge >= 0.3 is 6.18 Å². The first-order chi connectivity index (χ1) is 12.7. The van der Waals surface area contributed by atoms with Crippen molar-refractivity contribution in [2.75, 3.05) is 20.2 Å². The van der Waals surface area contributed by atoms with E-state index in [4.69, 9.17) is 4.74 Å². The van der Waals surface area contributed by atoms with Gasteiger partial charge in [-0.05, 0) is 36.8 Å². The van der Waals surface area contributed by atoms with E-state index in [0.717, 1.165) is 6.07 Å². The zero-order chi connectivity index (χ0) is 19.8. The zero-order valence-corrected chi connectivity index (χ0v) is 15.1. The van der Waals surface area contributed by atoms with Crippen LogP contribution in [-0.4, -0.2) is 54.0 Å². The Hall–Kier alpha value is -2.16. The third-order valence-corrected chi connectivity index (χ3v) is 5.41. The number of likely N-dealkylation sites (tertiary alicyclic amines) is 1. The van der Waals surface area contributed by atoms with Gasteiger partial charge in [0.2, 0.25) is 5.91 Å². The number of nitrogens with one attached hydrogen (secondary N) is 1. The Kier molecular flexibility index (Phi) is 5.41. The summed E-state index contributed by atoms with van der Waals surface area (Å²) in [5, 5.41) is 2.87. The maximum absolute atomic E-state index is 13.2.